The molecule has 1 heterocycles. The van der Waals surface area contributed by atoms with Crippen LogP contribution in [0.3, 0.4) is 0 Å². The number of halogens is 1. The summed E-state index contributed by atoms with van der Waals surface area (Å²) in [5.41, 5.74) is 8.03. The lowest BCUT2D eigenvalue weighted by Gasteiger charge is -2.27. The maximum Gasteiger partial charge on any atom is 0.359 e. The second-order valence-corrected chi connectivity index (χ2v) is 5.44. The van der Waals surface area contributed by atoms with Crippen molar-refractivity contribution in [2.24, 2.45) is 0 Å². The Hall–Kier alpha value is -1.66. The number of carbonyl (C=O) groups is 1. The first kappa shape index (κ1) is 15.7. The molecule has 0 saturated carbocycles. The van der Waals surface area contributed by atoms with Gasteiger partial charge in [-0.25, -0.2) is 15.3 Å². The number of nitrogens with one attached hydrogen (secondary N) is 2. The number of hydroxylamine groups is 2. The number of carbonyl (C=O) groups excluding carboxylic acids is 1. The zero-order chi connectivity index (χ0) is 15.6. The van der Waals surface area contributed by atoms with Crippen molar-refractivity contribution in [3.63, 3.8) is 0 Å². The Bertz CT molecular complexity index is 551. The highest BCUT2D eigenvalue weighted by molar-refractivity contribution is 6.32. The maximum absolute atomic E-state index is 11.7. The summed E-state index contributed by atoms with van der Waals surface area (Å²) in [5, 5.41) is 1.80. The fraction of sp³-hybridized carbons (Fsp3) is 0.500. The number of nitrogens with zero attached hydrogens (tertiary/aromatic N) is 1. The number of fused-ring (bicyclic) bond motifs is 1. The zero-order valence-electron chi connectivity index (χ0n) is 12.6. The molecule has 0 aromatic heterocycles. The van der Waals surface area contributed by atoms with Crippen LogP contribution in [0.4, 0.5) is 10.5 Å². The lowest BCUT2D eigenvalue weighted by atomic mass is 9.99. The van der Waals surface area contributed by atoms with Crippen LogP contribution in [0.25, 0.3) is 0 Å². The first-order chi connectivity index (χ1) is 9.93. The molecule has 1 aliphatic heterocycles. The Morgan fingerprint density at radius 3 is 2.95 bits per heavy atom. The number of rotatable bonds is 3. The largest absolute Gasteiger partial charge is 0.488 e. The monoisotopic (exact) mass is 313 g/mol. The van der Waals surface area contributed by atoms with Gasteiger partial charge in [-0.2, -0.15) is 0 Å². The summed E-state index contributed by atoms with van der Waals surface area (Å²) in [5.74, 6) is 0.699. The van der Waals surface area contributed by atoms with E-state index >= 15 is 0 Å². The molecule has 1 atom stereocenters. The molecule has 2 rings (SSSR count). The summed E-state index contributed by atoms with van der Waals surface area (Å²) in [6.07, 6.45) is 1.90. The number of ether oxygens (including phenoxy) is 1. The molecule has 0 bridgehead atoms. The van der Waals surface area contributed by atoms with Crippen molar-refractivity contribution < 1.29 is 14.4 Å². The standard InChI is InChI=1S/C14H20ClN3O3/c1-8-7-11(16-17-14(19)18(3)20-4)13-10(12(8)15)6-5-9(2)21-13/h7,9,16H,5-6H2,1-4H3,(H,17,19). The molecule has 6 nitrogen and oxygen atoms in total. The van der Waals surface area contributed by atoms with E-state index in [-0.39, 0.29) is 6.10 Å². The van der Waals surface area contributed by atoms with Gasteiger partial charge in [0.05, 0.1) is 23.9 Å². The number of benzene rings is 1. The average molecular weight is 314 g/mol. The summed E-state index contributed by atoms with van der Waals surface area (Å²) >= 11 is 6.34. The highest BCUT2D eigenvalue weighted by Crippen LogP contribution is 2.41. The summed E-state index contributed by atoms with van der Waals surface area (Å²) in [4.78, 5) is 16.5. The van der Waals surface area contributed by atoms with Crippen molar-refractivity contribution in [2.75, 3.05) is 19.6 Å². The second-order valence-electron chi connectivity index (χ2n) is 5.07. The van der Waals surface area contributed by atoms with E-state index < -0.39 is 6.03 Å². The van der Waals surface area contributed by atoms with Gasteiger partial charge in [-0.3, -0.25) is 10.3 Å². The summed E-state index contributed by atoms with van der Waals surface area (Å²) < 4.78 is 5.87. The molecule has 0 saturated heterocycles. The van der Waals surface area contributed by atoms with E-state index in [0.717, 1.165) is 34.1 Å². The molecule has 2 amide bonds. The number of hydrazine groups is 1. The fourth-order valence-corrected chi connectivity index (χ4v) is 2.42. The Kier molecular flexibility index (Phi) is 4.80. The Morgan fingerprint density at radius 1 is 1.57 bits per heavy atom. The van der Waals surface area contributed by atoms with Crippen LogP contribution in [0.2, 0.25) is 5.02 Å². The van der Waals surface area contributed by atoms with E-state index in [2.05, 4.69) is 10.9 Å². The highest BCUT2D eigenvalue weighted by atomic mass is 35.5. The number of amides is 2. The molecule has 0 radical (unpaired) electrons. The molecule has 21 heavy (non-hydrogen) atoms. The minimum absolute atomic E-state index is 0.120. The number of hydrogen-bond acceptors (Lipinski definition) is 4. The Labute approximate surface area is 129 Å². The zero-order valence-corrected chi connectivity index (χ0v) is 13.4. The van der Waals surface area contributed by atoms with Crippen LogP contribution >= 0.6 is 11.6 Å². The number of urea groups is 1. The number of aryl methyl sites for hydroxylation is 1. The van der Waals surface area contributed by atoms with Crippen LogP contribution in [0.5, 0.6) is 5.75 Å². The smallest absolute Gasteiger partial charge is 0.359 e. The van der Waals surface area contributed by atoms with Gasteiger partial charge in [0, 0.05) is 12.6 Å². The topological polar surface area (TPSA) is 62.8 Å². The van der Waals surface area contributed by atoms with Gasteiger partial charge in [-0.1, -0.05) is 11.6 Å². The first-order valence-corrected chi connectivity index (χ1v) is 7.14. The van der Waals surface area contributed by atoms with Gasteiger partial charge >= 0.3 is 6.03 Å². The predicted molar refractivity (Wildman–Crippen MR) is 81.5 cm³/mol. The van der Waals surface area contributed by atoms with Crippen molar-refractivity contribution in [3.05, 3.63) is 22.2 Å². The molecule has 116 valence electrons. The van der Waals surface area contributed by atoms with Crippen LogP contribution in [0.15, 0.2) is 6.07 Å². The van der Waals surface area contributed by atoms with Gasteiger partial charge in [-0.15, -0.1) is 0 Å². The van der Waals surface area contributed by atoms with E-state index in [9.17, 15) is 4.79 Å². The average Bonchev–Trinajstić information content (AvgIpc) is 2.48. The van der Waals surface area contributed by atoms with Crippen molar-refractivity contribution in [3.8, 4) is 5.75 Å². The molecule has 0 spiro atoms. The Morgan fingerprint density at radius 2 is 2.29 bits per heavy atom. The third-order valence-electron chi connectivity index (χ3n) is 3.47. The summed E-state index contributed by atoms with van der Waals surface area (Å²) in [6.45, 7) is 3.94. The van der Waals surface area contributed by atoms with Gasteiger partial charge < -0.3 is 4.74 Å². The molecule has 1 aromatic rings. The van der Waals surface area contributed by atoms with Crippen LogP contribution in [-0.2, 0) is 11.3 Å². The number of hydrogen-bond donors (Lipinski definition) is 2. The van der Waals surface area contributed by atoms with Crippen molar-refractivity contribution in [1.82, 2.24) is 10.5 Å². The minimum atomic E-state index is -0.414. The fourth-order valence-electron chi connectivity index (χ4n) is 2.19. The lowest BCUT2D eigenvalue weighted by molar-refractivity contribution is -0.0641. The Balaban J connectivity index is 2.23. The third kappa shape index (κ3) is 3.33. The van der Waals surface area contributed by atoms with E-state index in [1.807, 2.05) is 19.9 Å². The molecule has 0 aliphatic carbocycles. The summed E-state index contributed by atoms with van der Waals surface area (Å²) in [7, 11) is 2.93. The van der Waals surface area contributed by atoms with Gasteiger partial charge in [-0.05, 0) is 38.3 Å². The van der Waals surface area contributed by atoms with Crippen molar-refractivity contribution in [2.45, 2.75) is 32.8 Å². The first-order valence-electron chi connectivity index (χ1n) is 6.76. The van der Waals surface area contributed by atoms with Crippen LogP contribution in [-0.4, -0.2) is 31.4 Å². The maximum atomic E-state index is 11.7. The molecule has 7 heteroatoms. The van der Waals surface area contributed by atoms with E-state index in [4.69, 9.17) is 21.2 Å². The van der Waals surface area contributed by atoms with E-state index in [1.54, 1.807) is 0 Å². The summed E-state index contributed by atoms with van der Waals surface area (Å²) in [6, 6.07) is 1.44. The van der Waals surface area contributed by atoms with Gasteiger partial charge in [0.2, 0.25) is 0 Å². The van der Waals surface area contributed by atoms with Gasteiger partial charge in [0.1, 0.15) is 5.75 Å². The molecule has 0 fully saturated rings. The van der Waals surface area contributed by atoms with Gasteiger partial charge in [0.15, 0.2) is 0 Å². The van der Waals surface area contributed by atoms with Crippen molar-refractivity contribution in [1.29, 1.82) is 0 Å². The second kappa shape index (κ2) is 6.41. The molecule has 1 unspecified atom stereocenters. The van der Waals surface area contributed by atoms with E-state index in [0.29, 0.717) is 11.4 Å². The van der Waals surface area contributed by atoms with Crippen LogP contribution in [0.1, 0.15) is 24.5 Å². The normalized spacial score (nSPS) is 16.7. The van der Waals surface area contributed by atoms with Crippen LogP contribution in [0, 0.1) is 6.92 Å². The van der Waals surface area contributed by atoms with Crippen LogP contribution < -0.4 is 15.6 Å². The highest BCUT2D eigenvalue weighted by Gasteiger charge is 2.23. The molecule has 2 N–H and O–H groups in total. The SMILES string of the molecule is CON(C)C(=O)NNc1cc(C)c(Cl)c2c1OC(C)CC2. The van der Waals surface area contributed by atoms with E-state index in [1.165, 1.54) is 14.2 Å². The quantitative estimate of drug-likeness (QED) is 0.842. The predicted octanol–water partition coefficient (Wildman–Crippen LogP) is 2.89. The van der Waals surface area contributed by atoms with Gasteiger partial charge in [0.25, 0.3) is 0 Å². The molecular formula is C14H20ClN3O3. The number of anilines is 1. The van der Waals surface area contributed by atoms with Crippen molar-refractivity contribution >= 4 is 23.3 Å². The molecule has 1 aliphatic rings. The molecular weight excluding hydrogens is 294 g/mol. The molecule has 1 aromatic carbocycles. The lowest BCUT2D eigenvalue weighted by Crippen LogP contribution is -2.40. The minimum Gasteiger partial charge on any atom is -0.488 e. The third-order valence-corrected chi connectivity index (χ3v) is 4.00.